The molecular weight excluding hydrogens is 235 g/mol. The molecule has 1 atom stereocenters. The van der Waals surface area contributed by atoms with Gasteiger partial charge in [0.2, 0.25) is 5.91 Å². The molecule has 5 heteroatoms. The van der Waals surface area contributed by atoms with Gasteiger partial charge in [-0.1, -0.05) is 18.2 Å². The van der Waals surface area contributed by atoms with E-state index in [1.165, 1.54) is 6.07 Å². The fraction of sp³-hybridized carbons (Fsp3) is 0.462. The summed E-state index contributed by atoms with van der Waals surface area (Å²) >= 11 is 0. The van der Waals surface area contributed by atoms with E-state index in [-0.39, 0.29) is 37.5 Å². The quantitative estimate of drug-likeness (QED) is 0.794. The van der Waals surface area contributed by atoms with E-state index >= 15 is 0 Å². The van der Waals surface area contributed by atoms with E-state index in [1.54, 1.807) is 30.1 Å². The van der Waals surface area contributed by atoms with E-state index in [2.05, 4.69) is 5.32 Å². The number of nitrogens with zero attached hydrogens (tertiary/aromatic N) is 1. The van der Waals surface area contributed by atoms with E-state index in [0.717, 1.165) is 0 Å². The zero-order valence-electron chi connectivity index (χ0n) is 10.7. The lowest BCUT2D eigenvalue weighted by molar-refractivity contribution is -0.122. The summed E-state index contributed by atoms with van der Waals surface area (Å²) < 4.78 is 13.6. The van der Waals surface area contributed by atoms with Gasteiger partial charge in [-0.15, -0.1) is 0 Å². The maximum Gasteiger partial charge on any atom is 0.234 e. The number of benzene rings is 1. The van der Waals surface area contributed by atoms with Gasteiger partial charge in [-0.05, 0) is 20.0 Å². The third-order valence-corrected chi connectivity index (χ3v) is 2.84. The largest absolute Gasteiger partial charge is 0.395 e. The molecule has 0 aliphatic rings. The van der Waals surface area contributed by atoms with Crippen LogP contribution in [0.5, 0.6) is 0 Å². The molecule has 0 spiro atoms. The molecule has 0 radical (unpaired) electrons. The first-order valence-electron chi connectivity index (χ1n) is 5.88. The van der Waals surface area contributed by atoms with Gasteiger partial charge < -0.3 is 10.4 Å². The van der Waals surface area contributed by atoms with Crippen LogP contribution in [0.25, 0.3) is 0 Å². The van der Waals surface area contributed by atoms with Crippen LogP contribution in [-0.2, 0) is 4.79 Å². The number of hydrogen-bond acceptors (Lipinski definition) is 3. The zero-order chi connectivity index (χ0) is 13.5. The molecule has 1 unspecified atom stereocenters. The molecule has 0 aromatic heterocycles. The predicted molar refractivity (Wildman–Crippen MR) is 67.5 cm³/mol. The van der Waals surface area contributed by atoms with Crippen molar-refractivity contribution < 1.29 is 14.3 Å². The second-order valence-corrected chi connectivity index (χ2v) is 4.19. The summed E-state index contributed by atoms with van der Waals surface area (Å²) in [4.78, 5) is 13.2. The van der Waals surface area contributed by atoms with Crippen LogP contribution in [0.4, 0.5) is 4.39 Å². The normalized spacial score (nSPS) is 12.5. The van der Waals surface area contributed by atoms with Crippen LogP contribution >= 0.6 is 0 Å². The van der Waals surface area contributed by atoms with Crippen molar-refractivity contribution in [3.8, 4) is 0 Å². The minimum atomic E-state index is -0.271. The number of carbonyl (C=O) groups excluding carboxylic acids is 1. The van der Waals surface area contributed by atoms with E-state index in [0.29, 0.717) is 5.56 Å². The van der Waals surface area contributed by atoms with E-state index < -0.39 is 0 Å². The van der Waals surface area contributed by atoms with Gasteiger partial charge in [-0.2, -0.15) is 0 Å². The molecule has 2 N–H and O–H groups in total. The Balaban J connectivity index is 2.59. The number of nitrogens with one attached hydrogen (secondary N) is 1. The summed E-state index contributed by atoms with van der Waals surface area (Å²) in [5, 5.41) is 11.2. The smallest absolute Gasteiger partial charge is 0.234 e. The van der Waals surface area contributed by atoms with Gasteiger partial charge in [0, 0.05) is 18.2 Å². The molecule has 1 aromatic rings. The zero-order valence-corrected chi connectivity index (χ0v) is 10.7. The summed E-state index contributed by atoms with van der Waals surface area (Å²) in [6.07, 6.45) is 0. The number of aliphatic hydroxyl groups is 1. The van der Waals surface area contributed by atoms with Crippen molar-refractivity contribution >= 4 is 5.91 Å². The molecule has 0 saturated heterocycles. The standard InChI is InChI=1S/C13H19FN2O2/c1-10(11-5-3-4-6-12(11)14)16(2)9-13(18)15-7-8-17/h3-6,10,17H,7-9H2,1-2H3,(H,15,18). The molecule has 0 fully saturated rings. The van der Waals surface area contributed by atoms with Crippen LogP contribution in [0.1, 0.15) is 18.5 Å². The third kappa shape index (κ3) is 4.09. The molecule has 0 aliphatic heterocycles. The van der Waals surface area contributed by atoms with Crippen molar-refractivity contribution in [1.82, 2.24) is 10.2 Å². The van der Waals surface area contributed by atoms with E-state index in [4.69, 9.17) is 5.11 Å². The number of carbonyl (C=O) groups is 1. The van der Waals surface area contributed by atoms with Crippen LogP contribution in [-0.4, -0.2) is 42.7 Å². The minimum Gasteiger partial charge on any atom is -0.395 e. The van der Waals surface area contributed by atoms with Crippen LogP contribution in [0.3, 0.4) is 0 Å². The molecular formula is C13H19FN2O2. The third-order valence-electron chi connectivity index (χ3n) is 2.84. The maximum atomic E-state index is 13.6. The topological polar surface area (TPSA) is 52.6 Å². The van der Waals surface area contributed by atoms with E-state index in [1.807, 2.05) is 6.92 Å². The molecule has 0 bridgehead atoms. The molecule has 1 amide bonds. The Morgan fingerprint density at radius 3 is 2.78 bits per heavy atom. The van der Waals surface area contributed by atoms with Gasteiger partial charge in [-0.25, -0.2) is 4.39 Å². The summed E-state index contributed by atoms with van der Waals surface area (Å²) in [5.74, 6) is -0.456. The highest BCUT2D eigenvalue weighted by Gasteiger charge is 2.17. The monoisotopic (exact) mass is 254 g/mol. The Hall–Kier alpha value is -1.46. The molecule has 18 heavy (non-hydrogen) atoms. The van der Waals surface area contributed by atoms with Crippen LogP contribution in [0, 0.1) is 5.82 Å². The van der Waals surface area contributed by atoms with Gasteiger partial charge >= 0.3 is 0 Å². The fourth-order valence-electron chi connectivity index (χ4n) is 1.67. The summed E-state index contributed by atoms with van der Waals surface area (Å²) in [5.41, 5.74) is 0.565. The number of amides is 1. The van der Waals surface area contributed by atoms with Crippen molar-refractivity contribution in [3.05, 3.63) is 35.6 Å². The minimum absolute atomic E-state index is 0.0850. The first-order chi connectivity index (χ1) is 8.56. The van der Waals surface area contributed by atoms with Gasteiger partial charge in [-0.3, -0.25) is 9.69 Å². The molecule has 0 aliphatic carbocycles. The van der Waals surface area contributed by atoms with Crippen molar-refractivity contribution in [2.24, 2.45) is 0 Å². The second kappa shape index (κ2) is 7.08. The first kappa shape index (κ1) is 14.6. The fourth-order valence-corrected chi connectivity index (χ4v) is 1.67. The number of likely N-dealkylation sites (N-methyl/N-ethyl adjacent to an activating group) is 1. The second-order valence-electron chi connectivity index (χ2n) is 4.19. The summed E-state index contributed by atoms with van der Waals surface area (Å²) in [7, 11) is 1.76. The SMILES string of the molecule is CC(c1ccccc1F)N(C)CC(=O)NCCO. The van der Waals surface area contributed by atoms with Gasteiger partial charge in [0.1, 0.15) is 5.82 Å². The lowest BCUT2D eigenvalue weighted by Gasteiger charge is -2.24. The molecule has 100 valence electrons. The highest BCUT2D eigenvalue weighted by Crippen LogP contribution is 2.20. The Kier molecular flexibility index (Phi) is 5.74. The van der Waals surface area contributed by atoms with Crippen molar-refractivity contribution in [3.63, 3.8) is 0 Å². The predicted octanol–water partition coefficient (Wildman–Crippen LogP) is 0.927. The van der Waals surface area contributed by atoms with Gasteiger partial charge in [0.05, 0.1) is 13.2 Å². The van der Waals surface area contributed by atoms with Crippen molar-refractivity contribution in [1.29, 1.82) is 0 Å². The van der Waals surface area contributed by atoms with Gasteiger partial charge in [0.25, 0.3) is 0 Å². The highest BCUT2D eigenvalue weighted by atomic mass is 19.1. The molecule has 1 aromatic carbocycles. The Morgan fingerprint density at radius 1 is 1.50 bits per heavy atom. The molecule has 1 rings (SSSR count). The Labute approximate surface area is 106 Å². The lowest BCUT2D eigenvalue weighted by Crippen LogP contribution is -2.37. The number of hydrogen-bond donors (Lipinski definition) is 2. The molecule has 0 saturated carbocycles. The first-order valence-corrected chi connectivity index (χ1v) is 5.88. The summed E-state index contributed by atoms with van der Waals surface area (Å²) in [6, 6.07) is 6.34. The lowest BCUT2D eigenvalue weighted by atomic mass is 10.1. The average molecular weight is 254 g/mol. The molecule has 0 heterocycles. The Bertz CT molecular complexity index is 398. The summed E-state index contributed by atoms with van der Waals surface area (Å²) in [6.45, 7) is 2.16. The van der Waals surface area contributed by atoms with Gasteiger partial charge in [0.15, 0.2) is 0 Å². The Morgan fingerprint density at radius 2 is 2.17 bits per heavy atom. The number of halogens is 1. The maximum absolute atomic E-state index is 13.6. The number of aliphatic hydroxyl groups excluding tert-OH is 1. The molecule has 4 nitrogen and oxygen atoms in total. The number of rotatable bonds is 6. The van der Waals surface area contributed by atoms with Crippen molar-refractivity contribution in [2.45, 2.75) is 13.0 Å². The van der Waals surface area contributed by atoms with Crippen LogP contribution < -0.4 is 5.32 Å². The average Bonchev–Trinajstić information content (AvgIpc) is 2.36. The van der Waals surface area contributed by atoms with Crippen molar-refractivity contribution in [2.75, 3.05) is 26.7 Å². The highest BCUT2D eigenvalue weighted by molar-refractivity contribution is 5.78. The van der Waals surface area contributed by atoms with Crippen LogP contribution in [0.2, 0.25) is 0 Å². The van der Waals surface area contributed by atoms with E-state index in [9.17, 15) is 9.18 Å². The van der Waals surface area contributed by atoms with Crippen LogP contribution in [0.15, 0.2) is 24.3 Å².